The third-order valence-electron chi connectivity index (χ3n) is 6.51. The topological polar surface area (TPSA) is 27.7 Å². The Kier molecular flexibility index (Phi) is 6.98. The summed E-state index contributed by atoms with van der Waals surface area (Å²) in [6.07, 6.45) is 2.44. The van der Waals surface area contributed by atoms with Crippen molar-refractivity contribution < 1.29 is 14.2 Å². The molecule has 136 valence electrons. The van der Waals surface area contributed by atoms with Crippen LogP contribution in [0.1, 0.15) is 61.3 Å². The lowest BCUT2D eigenvalue weighted by Crippen LogP contribution is -2.53. The number of hydrogen-bond donors (Lipinski definition) is 0. The fourth-order valence-corrected chi connectivity index (χ4v) is 4.81. The van der Waals surface area contributed by atoms with Gasteiger partial charge in [0.15, 0.2) is 6.29 Å². The molecule has 0 aromatic heterocycles. The van der Waals surface area contributed by atoms with E-state index in [1.807, 2.05) is 0 Å². The van der Waals surface area contributed by atoms with Gasteiger partial charge in [0.05, 0.1) is 18.3 Å². The monoisotopic (exact) mass is 390 g/mol. The van der Waals surface area contributed by atoms with E-state index >= 15 is 0 Å². The highest BCUT2D eigenvalue weighted by molar-refractivity contribution is 9.09. The Balaban J connectivity index is 2.11. The summed E-state index contributed by atoms with van der Waals surface area (Å²) < 4.78 is 19.1. The molecule has 2 aliphatic heterocycles. The molecular formula is C19H35BrO3. The summed E-state index contributed by atoms with van der Waals surface area (Å²) in [4.78, 5) is 0. The molecular weight excluding hydrogens is 356 g/mol. The van der Waals surface area contributed by atoms with Crippen molar-refractivity contribution in [2.45, 2.75) is 90.9 Å². The summed E-state index contributed by atoms with van der Waals surface area (Å²) in [5.41, 5.74) is 0. The summed E-state index contributed by atoms with van der Waals surface area (Å²) in [6, 6.07) is 0. The highest BCUT2D eigenvalue weighted by Gasteiger charge is 2.45. The van der Waals surface area contributed by atoms with E-state index in [1.165, 1.54) is 0 Å². The fraction of sp³-hybridized carbons (Fsp3) is 1.00. The molecule has 0 N–H and O–H groups in total. The van der Waals surface area contributed by atoms with Gasteiger partial charge in [-0.2, -0.15) is 0 Å². The average molecular weight is 391 g/mol. The van der Waals surface area contributed by atoms with Crippen molar-refractivity contribution in [2.24, 2.45) is 29.6 Å². The van der Waals surface area contributed by atoms with E-state index in [0.717, 1.165) is 12.8 Å². The Hall–Kier alpha value is 0.360. The van der Waals surface area contributed by atoms with Crippen molar-refractivity contribution in [3.05, 3.63) is 0 Å². The molecule has 0 bridgehead atoms. The molecule has 0 spiro atoms. The Morgan fingerprint density at radius 3 is 1.91 bits per heavy atom. The molecule has 2 heterocycles. The van der Waals surface area contributed by atoms with Crippen LogP contribution >= 0.6 is 15.9 Å². The predicted octanol–water partition coefficient (Wildman–Crippen LogP) is 5.22. The maximum Gasteiger partial charge on any atom is 0.161 e. The fourth-order valence-electron chi connectivity index (χ4n) is 4.05. The quantitative estimate of drug-likeness (QED) is 0.615. The lowest BCUT2D eigenvalue weighted by atomic mass is 9.78. The molecule has 0 saturated carbocycles. The molecule has 10 unspecified atom stereocenters. The third kappa shape index (κ3) is 3.96. The summed E-state index contributed by atoms with van der Waals surface area (Å²) in [7, 11) is 0. The zero-order valence-corrected chi connectivity index (χ0v) is 17.4. The molecule has 0 aliphatic carbocycles. The van der Waals surface area contributed by atoms with Crippen molar-refractivity contribution >= 4 is 15.9 Å². The molecule has 2 fully saturated rings. The Labute approximate surface area is 151 Å². The minimum absolute atomic E-state index is 0.106. The third-order valence-corrected chi connectivity index (χ3v) is 7.56. The van der Waals surface area contributed by atoms with Crippen LogP contribution in [-0.2, 0) is 14.2 Å². The lowest BCUT2D eigenvalue weighted by molar-refractivity contribution is -0.295. The standard InChI is InChI=1S/C19H35BrO3/c1-8-15-11(4)10(3)14(7)19(22-15)23-17-12(5)13(6)18(20)21-16(17)9-2/h10-19H,8-9H2,1-7H3. The van der Waals surface area contributed by atoms with Crippen LogP contribution < -0.4 is 0 Å². The van der Waals surface area contributed by atoms with Gasteiger partial charge in [-0.25, -0.2) is 0 Å². The van der Waals surface area contributed by atoms with Gasteiger partial charge in [-0.05, 0) is 36.5 Å². The van der Waals surface area contributed by atoms with E-state index in [0.29, 0.717) is 35.7 Å². The molecule has 4 heteroatoms. The van der Waals surface area contributed by atoms with Crippen LogP contribution in [0.25, 0.3) is 0 Å². The van der Waals surface area contributed by atoms with E-state index in [2.05, 4.69) is 64.4 Å². The zero-order chi connectivity index (χ0) is 17.3. The van der Waals surface area contributed by atoms with Crippen LogP contribution in [0.5, 0.6) is 0 Å². The number of halogens is 1. The van der Waals surface area contributed by atoms with Gasteiger partial charge in [0, 0.05) is 5.92 Å². The average Bonchev–Trinajstić information content (AvgIpc) is 2.55. The summed E-state index contributed by atoms with van der Waals surface area (Å²) >= 11 is 3.67. The first-order valence-corrected chi connectivity index (χ1v) is 10.3. The second-order valence-electron chi connectivity index (χ2n) is 7.78. The van der Waals surface area contributed by atoms with Crippen molar-refractivity contribution in [1.29, 1.82) is 0 Å². The minimum Gasteiger partial charge on any atom is -0.361 e. The normalized spacial score (nSPS) is 51.7. The second kappa shape index (κ2) is 8.16. The summed E-state index contributed by atoms with van der Waals surface area (Å²) in [6.45, 7) is 15.8. The van der Waals surface area contributed by atoms with Gasteiger partial charge in [0.25, 0.3) is 0 Å². The second-order valence-corrected chi connectivity index (χ2v) is 8.68. The summed E-state index contributed by atoms with van der Waals surface area (Å²) in [5, 5.41) is 0.120. The largest absolute Gasteiger partial charge is 0.361 e. The van der Waals surface area contributed by atoms with E-state index in [1.54, 1.807) is 0 Å². The van der Waals surface area contributed by atoms with Gasteiger partial charge < -0.3 is 14.2 Å². The van der Waals surface area contributed by atoms with Crippen LogP contribution in [0.3, 0.4) is 0 Å². The van der Waals surface area contributed by atoms with Crippen molar-refractivity contribution in [1.82, 2.24) is 0 Å². The van der Waals surface area contributed by atoms with Gasteiger partial charge in [0.1, 0.15) is 5.01 Å². The number of alkyl halides is 1. The Morgan fingerprint density at radius 2 is 1.35 bits per heavy atom. The molecule has 2 rings (SSSR count). The smallest absolute Gasteiger partial charge is 0.161 e. The summed E-state index contributed by atoms with van der Waals surface area (Å²) in [5.74, 6) is 2.49. The molecule has 3 nitrogen and oxygen atoms in total. The van der Waals surface area contributed by atoms with Gasteiger partial charge in [-0.15, -0.1) is 0 Å². The van der Waals surface area contributed by atoms with Crippen LogP contribution in [0.15, 0.2) is 0 Å². The molecule has 0 aromatic rings. The minimum atomic E-state index is -0.115. The first-order chi connectivity index (χ1) is 10.8. The number of ether oxygens (including phenoxy) is 3. The Bertz CT molecular complexity index is 374. The van der Waals surface area contributed by atoms with Gasteiger partial charge in [-0.3, -0.25) is 0 Å². The molecule has 0 radical (unpaired) electrons. The van der Waals surface area contributed by atoms with Gasteiger partial charge in [0.2, 0.25) is 0 Å². The molecule has 23 heavy (non-hydrogen) atoms. The van der Waals surface area contributed by atoms with Gasteiger partial charge >= 0.3 is 0 Å². The van der Waals surface area contributed by atoms with Crippen LogP contribution in [0, 0.1) is 29.6 Å². The molecule has 2 saturated heterocycles. The van der Waals surface area contributed by atoms with E-state index in [-0.39, 0.29) is 23.5 Å². The highest BCUT2D eigenvalue weighted by atomic mass is 79.9. The first-order valence-electron chi connectivity index (χ1n) is 9.42. The zero-order valence-electron chi connectivity index (χ0n) is 15.8. The van der Waals surface area contributed by atoms with Gasteiger partial charge in [-0.1, -0.05) is 64.4 Å². The first kappa shape index (κ1) is 19.7. The van der Waals surface area contributed by atoms with Crippen molar-refractivity contribution in [3.63, 3.8) is 0 Å². The SMILES string of the molecule is CCC1OC(OC2C(CC)OC(Br)C(C)C2C)C(C)C(C)C1C. The molecule has 0 aromatic carbocycles. The number of hydrogen-bond acceptors (Lipinski definition) is 3. The van der Waals surface area contributed by atoms with Crippen LogP contribution in [-0.4, -0.2) is 29.6 Å². The lowest BCUT2D eigenvalue weighted by Gasteiger charge is -2.48. The van der Waals surface area contributed by atoms with Crippen molar-refractivity contribution in [3.8, 4) is 0 Å². The van der Waals surface area contributed by atoms with E-state index in [9.17, 15) is 0 Å². The molecule has 0 amide bonds. The maximum atomic E-state index is 6.56. The Morgan fingerprint density at radius 1 is 0.739 bits per heavy atom. The predicted molar refractivity (Wildman–Crippen MR) is 97.5 cm³/mol. The maximum absolute atomic E-state index is 6.56. The van der Waals surface area contributed by atoms with Crippen LogP contribution in [0.2, 0.25) is 0 Å². The van der Waals surface area contributed by atoms with E-state index < -0.39 is 0 Å². The van der Waals surface area contributed by atoms with E-state index in [4.69, 9.17) is 14.2 Å². The highest BCUT2D eigenvalue weighted by Crippen LogP contribution is 2.41. The van der Waals surface area contributed by atoms with Crippen LogP contribution in [0.4, 0.5) is 0 Å². The number of rotatable bonds is 4. The molecule has 2 aliphatic rings. The van der Waals surface area contributed by atoms with Crippen molar-refractivity contribution in [2.75, 3.05) is 0 Å². The molecule has 10 atom stereocenters.